The molecule has 1 aliphatic rings. The number of carboxylic acid groups (broad SMARTS) is 1. The molecule has 4 nitrogen and oxygen atoms in total. The number of nitrogens with zero attached hydrogens (tertiary/aromatic N) is 1. The molecule has 2 aromatic rings. The van der Waals surface area contributed by atoms with Gasteiger partial charge in [-0.15, -0.1) is 11.3 Å². The van der Waals surface area contributed by atoms with Crippen molar-refractivity contribution in [2.45, 2.75) is 18.6 Å². The maximum absolute atomic E-state index is 13.2. The fourth-order valence-electron chi connectivity index (χ4n) is 2.24. The van der Waals surface area contributed by atoms with Crippen molar-refractivity contribution < 1.29 is 14.3 Å². The highest BCUT2D eigenvalue weighted by Gasteiger charge is 2.27. The van der Waals surface area contributed by atoms with Crippen LogP contribution in [0.15, 0.2) is 29.6 Å². The molecular weight excluding hydrogens is 279 g/mol. The van der Waals surface area contributed by atoms with E-state index >= 15 is 0 Å². The van der Waals surface area contributed by atoms with Crippen molar-refractivity contribution in [2.75, 3.05) is 6.54 Å². The zero-order chi connectivity index (χ0) is 14.1. The molecule has 2 heterocycles. The molecule has 0 saturated carbocycles. The Morgan fingerprint density at radius 1 is 1.40 bits per heavy atom. The first-order valence-electron chi connectivity index (χ1n) is 6.30. The number of aromatic nitrogens is 1. The molecule has 2 N–H and O–H groups in total. The number of hydrogen-bond acceptors (Lipinski definition) is 4. The van der Waals surface area contributed by atoms with E-state index in [9.17, 15) is 9.18 Å². The van der Waals surface area contributed by atoms with Crippen LogP contribution < -0.4 is 5.32 Å². The van der Waals surface area contributed by atoms with E-state index in [0.29, 0.717) is 13.0 Å². The fraction of sp³-hybridized carbons (Fsp3) is 0.286. The summed E-state index contributed by atoms with van der Waals surface area (Å²) in [6, 6.07) is 6.58. The first-order chi connectivity index (χ1) is 9.63. The second kappa shape index (κ2) is 5.30. The van der Waals surface area contributed by atoms with Crippen LogP contribution in [0.4, 0.5) is 4.39 Å². The van der Waals surface area contributed by atoms with Crippen LogP contribution in [0.1, 0.15) is 27.8 Å². The molecular formula is C14H13FN2O2S. The molecule has 1 aromatic heterocycles. The number of benzene rings is 1. The molecule has 2 atom stereocenters. The summed E-state index contributed by atoms with van der Waals surface area (Å²) in [5, 5.41) is 14.8. The minimum atomic E-state index is -0.945. The van der Waals surface area contributed by atoms with Crippen LogP contribution in [0.3, 0.4) is 0 Å². The third-order valence-electron chi connectivity index (χ3n) is 3.32. The molecule has 2 unspecified atom stereocenters. The highest BCUT2D eigenvalue weighted by molar-refractivity contribution is 7.10. The number of thiazole rings is 1. The molecule has 0 spiro atoms. The summed E-state index contributed by atoms with van der Waals surface area (Å²) >= 11 is 1.50. The van der Waals surface area contributed by atoms with E-state index in [1.807, 2.05) is 5.38 Å². The minimum Gasteiger partial charge on any atom is -0.478 e. The van der Waals surface area contributed by atoms with E-state index in [0.717, 1.165) is 16.3 Å². The molecule has 104 valence electrons. The number of carboxylic acids is 1. The van der Waals surface area contributed by atoms with E-state index in [4.69, 9.17) is 5.11 Å². The van der Waals surface area contributed by atoms with Crippen molar-refractivity contribution in [1.82, 2.24) is 10.3 Å². The van der Waals surface area contributed by atoms with Crippen molar-refractivity contribution in [3.05, 3.63) is 40.2 Å². The van der Waals surface area contributed by atoms with Crippen molar-refractivity contribution in [1.29, 1.82) is 0 Å². The van der Waals surface area contributed by atoms with E-state index in [1.54, 1.807) is 24.3 Å². The zero-order valence-electron chi connectivity index (χ0n) is 10.5. The summed E-state index contributed by atoms with van der Waals surface area (Å²) in [4.78, 5) is 15.3. The lowest BCUT2D eigenvalue weighted by Gasteiger charge is -2.04. The maximum atomic E-state index is 13.2. The van der Waals surface area contributed by atoms with Gasteiger partial charge in [-0.05, 0) is 12.1 Å². The minimum absolute atomic E-state index is 0.0120. The van der Waals surface area contributed by atoms with Gasteiger partial charge in [0, 0.05) is 23.9 Å². The molecule has 0 amide bonds. The summed E-state index contributed by atoms with van der Waals surface area (Å²) < 4.78 is 13.2. The van der Waals surface area contributed by atoms with Gasteiger partial charge in [0.2, 0.25) is 0 Å². The number of alkyl halides is 1. The van der Waals surface area contributed by atoms with E-state index in [2.05, 4.69) is 10.3 Å². The Kier molecular flexibility index (Phi) is 3.50. The van der Waals surface area contributed by atoms with Crippen LogP contribution in [0.2, 0.25) is 0 Å². The van der Waals surface area contributed by atoms with Gasteiger partial charge in [-0.1, -0.05) is 12.1 Å². The summed E-state index contributed by atoms with van der Waals surface area (Å²) in [6.07, 6.45) is -0.340. The van der Waals surface area contributed by atoms with Crippen molar-refractivity contribution >= 4 is 17.3 Å². The molecule has 1 saturated heterocycles. The van der Waals surface area contributed by atoms with Crippen LogP contribution in [0.5, 0.6) is 0 Å². The van der Waals surface area contributed by atoms with Crippen molar-refractivity contribution in [3.8, 4) is 11.3 Å². The maximum Gasteiger partial charge on any atom is 0.335 e. The number of aromatic carboxylic acids is 1. The quantitative estimate of drug-likeness (QED) is 0.913. The predicted molar refractivity (Wildman–Crippen MR) is 74.8 cm³/mol. The number of hydrogen-bond donors (Lipinski definition) is 2. The third kappa shape index (κ3) is 2.57. The molecule has 0 radical (unpaired) electrons. The number of halogens is 1. The average molecular weight is 292 g/mol. The van der Waals surface area contributed by atoms with Gasteiger partial charge >= 0.3 is 5.97 Å². The standard InChI is InChI=1S/C14H13FN2O2S/c15-10-5-11(16-6-10)13-17-12(7-20-13)8-1-3-9(4-2-8)14(18)19/h1-4,7,10-11,16H,5-6H2,(H,18,19). The van der Waals surface area contributed by atoms with Gasteiger partial charge in [-0.2, -0.15) is 0 Å². The SMILES string of the molecule is O=C(O)c1ccc(-c2csc(C3CC(F)CN3)n2)cc1. The fourth-order valence-corrected chi connectivity index (χ4v) is 3.16. The van der Waals surface area contributed by atoms with Gasteiger partial charge < -0.3 is 10.4 Å². The van der Waals surface area contributed by atoms with Crippen LogP contribution in [-0.2, 0) is 0 Å². The third-order valence-corrected chi connectivity index (χ3v) is 4.28. The zero-order valence-corrected chi connectivity index (χ0v) is 11.4. The monoisotopic (exact) mass is 292 g/mol. The number of nitrogens with one attached hydrogen (secondary N) is 1. The summed E-state index contributed by atoms with van der Waals surface area (Å²) in [5.74, 6) is -0.945. The Hall–Kier alpha value is -1.79. The predicted octanol–water partition coefficient (Wildman–Crippen LogP) is 2.88. The van der Waals surface area contributed by atoms with E-state index in [1.165, 1.54) is 11.3 Å². The first-order valence-corrected chi connectivity index (χ1v) is 7.18. The second-order valence-electron chi connectivity index (χ2n) is 4.75. The lowest BCUT2D eigenvalue weighted by molar-refractivity contribution is 0.0697. The summed E-state index contributed by atoms with van der Waals surface area (Å²) in [6.45, 7) is 0.382. The highest BCUT2D eigenvalue weighted by atomic mass is 32.1. The smallest absolute Gasteiger partial charge is 0.335 e. The first kappa shape index (κ1) is 13.2. The molecule has 1 fully saturated rings. The molecule has 20 heavy (non-hydrogen) atoms. The van der Waals surface area contributed by atoms with Crippen molar-refractivity contribution in [3.63, 3.8) is 0 Å². The lowest BCUT2D eigenvalue weighted by Crippen LogP contribution is -2.13. The van der Waals surface area contributed by atoms with Gasteiger partial charge in [-0.25, -0.2) is 14.2 Å². The van der Waals surface area contributed by atoms with Gasteiger partial charge in [-0.3, -0.25) is 0 Å². The topological polar surface area (TPSA) is 62.2 Å². The van der Waals surface area contributed by atoms with Gasteiger partial charge in [0.05, 0.1) is 17.3 Å². The Morgan fingerprint density at radius 3 is 2.75 bits per heavy atom. The Bertz CT molecular complexity index is 626. The molecule has 0 aliphatic carbocycles. The summed E-state index contributed by atoms with van der Waals surface area (Å²) in [7, 11) is 0. The van der Waals surface area contributed by atoms with Gasteiger partial charge in [0.15, 0.2) is 0 Å². The number of carbonyl (C=O) groups is 1. The van der Waals surface area contributed by atoms with Crippen LogP contribution in [-0.4, -0.2) is 28.8 Å². The van der Waals surface area contributed by atoms with E-state index < -0.39 is 12.1 Å². The second-order valence-corrected chi connectivity index (χ2v) is 5.64. The summed E-state index contributed by atoms with van der Waals surface area (Å²) in [5.41, 5.74) is 1.92. The average Bonchev–Trinajstić information content (AvgIpc) is 3.07. The Balaban J connectivity index is 1.81. The normalized spacial score (nSPS) is 22.1. The lowest BCUT2D eigenvalue weighted by atomic mass is 10.1. The van der Waals surface area contributed by atoms with Crippen LogP contribution in [0, 0.1) is 0 Å². The molecule has 3 rings (SSSR count). The highest BCUT2D eigenvalue weighted by Crippen LogP contribution is 2.30. The van der Waals surface area contributed by atoms with E-state index in [-0.39, 0.29) is 11.6 Å². The Labute approximate surface area is 119 Å². The molecule has 1 aliphatic heterocycles. The molecule has 1 aromatic carbocycles. The van der Waals surface area contributed by atoms with Gasteiger partial charge in [0.25, 0.3) is 0 Å². The molecule has 0 bridgehead atoms. The Morgan fingerprint density at radius 2 is 2.15 bits per heavy atom. The van der Waals surface area contributed by atoms with Crippen LogP contribution >= 0.6 is 11.3 Å². The van der Waals surface area contributed by atoms with Crippen LogP contribution in [0.25, 0.3) is 11.3 Å². The number of rotatable bonds is 3. The van der Waals surface area contributed by atoms with Gasteiger partial charge in [0.1, 0.15) is 11.2 Å². The largest absolute Gasteiger partial charge is 0.478 e. The van der Waals surface area contributed by atoms with Crippen molar-refractivity contribution in [2.24, 2.45) is 0 Å². The molecule has 6 heteroatoms.